The average molecular weight is 329 g/mol. The summed E-state index contributed by atoms with van der Waals surface area (Å²) in [4.78, 5) is 0.673. The maximum atomic E-state index is 12.1. The summed E-state index contributed by atoms with van der Waals surface area (Å²) in [7, 11) is -3.42. The van der Waals surface area contributed by atoms with Crippen LogP contribution in [0.4, 0.5) is 0 Å². The number of nitrogens with one attached hydrogen (secondary N) is 1. The van der Waals surface area contributed by atoms with Gasteiger partial charge in [-0.25, -0.2) is 13.1 Å². The van der Waals surface area contributed by atoms with Gasteiger partial charge in [-0.3, -0.25) is 0 Å². The predicted octanol–water partition coefficient (Wildman–Crippen LogP) is 2.62. The minimum absolute atomic E-state index is 0.276. The van der Waals surface area contributed by atoms with E-state index in [1.165, 1.54) is 0 Å². The van der Waals surface area contributed by atoms with E-state index in [-0.39, 0.29) is 4.90 Å². The summed E-state index contributed by atoms with van der Waals surface area (Å²) in [5.74, 6) is 0.655. The number of hydrogen-bond donors (Lipinski definition) is 2. The molecular weight excluding hydrogens is 304 g/mol. The van der Waals surface area contributed by atoms with E-state index >= 15 is 0 Å². The summed E-state index contributed by atoms with van der Waals surface area (Å²) < 4.78 is 26.8. The molecule has 0 saturated carbocycles. The number of rotatable bonds is 9. The second-order valence-electron chi connectivity index (χ2n) is 5.57. The Bertz CT molecular complexity index is 552. The molecule has 0 unspecified atom stereocenters. The van der Waals surface area contributed by atoms with Crippen LogP contribution in [0.1, 0.15) is 38.7 Å². The van der Waals surface area contributed by atoms with Crippen molar-refractivity contribution in [1.29, 1.82) is 0 Å². The van der Waals surface area contributed by atoms with Crippen molar-refractivity contribution in [1.82, 2.24) is 4.72 Å². The summed E-state index contributed by atoms with van der Waals surface area (Å²) in [5, 5.41) is 0. The highest BCUT2D eigenvalue weighted by Gasteiger charge is 2.12. The average Bonchev–Trinajstić information content (AvgIpc) is 2.37. The molecule has 0 amide bonds. The molecule has 3 N–H and O–H groups in total. The van der Waals surface area contributed by atoms with Crippen LogP contribution in [-0.2, 0) is 16.4 Å². The van der Waals surface area contributed by atoms with Crippen molar-refractivity contribution in [2.45, 2.75) is 44.4 Å². The first-order valence-electron chi connectivity index (χ1n) is 7.18. The number of hydrogen-bond acceptors (Lipinski definition) is 3. The van der Waals surface area contributed by atoms with Gasteiger partial charge in [-0.15, -0.1) is 0 Å². The summed E-state index contributed by atoms with van der Waals surface area (Å²) in [6.07, 6.45) is 3.50. The molecule has 0 heterocycles. The summed E-state index contributed by atoms with van der Waals surface area (Å²) in [6, 6.07) is 6.66. The fraction of sp³-hybridized carbons (Fsp3) is 0.533. The Morgan fingerprint density at radius 3 is 2.38 bits per heavy atom. The lowest BCUT2D eigenvalue weighted by molar-refractivity contribution is 0.530. The van der Waals surface area contributed by atoms with Gasteiger partial charge in [0.05, 0.1) is 9.88 Å². The molecule has 1 aromatic carbocycles. The molecule has 0 aliphatic rings. The van der Waals surface area contributed by atoms with Crippen LogP contribution in [0.15, 0.2) is 29.2 Å². The van der Waals surface area contributed by atoms with Gasteiger partial charge in [-0.05, 0) is 30.0 Å². The van der Waals surface area contributed by atoms with Gasteiger partial charge in [0.2, 0.25) is 10.0 Å². The van der Waals surface area contributed by atoms with Crippen LogP contribution in [0.3, 0.4) is 0 Å². The number of benzene rings is 1. The molecule has 0 aliphatic carbocycles. The van der Waals surface area contributed by atoms with Gasteiger partial charge in [0.15, 0.2) is 0 Å². The molecule has 118 valence electrons. The molecule has 4 nitrogen and oxygen atoms in total. The smallest absolute Gasteiger partial charge is 0.240 e. The predicted molar refractivity (Wildman–Crippen MR) is 90.8 cm³/mol. The maximum absolute atomic E-state index is 12.1. The number of sulfonamides is 1. The lowest BCUT2D eigenvalue weighted by Crippen LogP contribution is -2.24. The minimum atomic E-state index is -3.42. The minimum Gasteiger partial charge on any atom is -0.393 e. The summed E-state index contributed by atoms with van der Waals surface area (Å²) in [6.45, 7) is 4.81. The zero-order valence-electron chi connectivity index (χ0n) is 12.6. The third kappa shape index (κ3) is 7.02. The Balaban J connectivity index is 2.52. The second kappa shape index (κ2) is 8.46. The van der Waals surface area contributed by atoms with Crippen LogP contribution in [0.5, 0.6) is 0 Å². The van der Waals surface area contributed by atoms with Gasteiger partial charge in [0, 0.05) is 13.0 Å². The molecule has 1 aromatic rings. The Hall–Kier alpha value is -0.980. The largest absolute Gasteiger partial charge is 0.393 e. The van der Waals surface area contributed by atoms with Crippen molar-refractivity contribution in [3.63, 3.8) is 0 Å². The van der Waals surface area contributed by atoms with Gasteiger partial charge < -0.3 is 5.73 Å². The van der Waals surface area contributed by atoms with Crippen LogP contribution in [0, 0.1) is 5.92 Å². The summed E-state index contributed by atoms with van der Waals surface area (Å²) in [5.41, 5.74) is 6.38. The van der Waals surface area contributed by atoms with Gasteiger partial charge in [-0.2, -0.15) is 0 Å². The Morgan fingerprint density at radius 1 is 1.24 bits per heavy atom. The highest BCUT2D eigenvalue weighted by atomic mass is 32.2. The highest BCUT2D eigenvalue weighted by Crippen LogP contribution is 2.12. The Morgan fingerprint density at radius 2 is 1.86 bits per heavy atom. The van der Waals surface area contributed by atoms with Crippen LogP contribution < -0.4 is 10.5 Å². The molecule has 0 radical (unpaired) electrons. The first kappa shape index (κ1) is 18.1. The fourth-order valence-corrected chi connectivity index (χ4v) is 3.20. The molecule has 0 bridgehead atoms. The van der Waals surface area contributed by atoms with Crippen LogP contribution >= 0.6 is 12.2 Å². The van der Waals surface area contributed by atoms with E-state index in [0.717, 1.165) is 24.8 Å². The van der Waals surface area contributed by atoms with E-state index in [2.05, 4.69) is 18.6 Å². The van der Waals surface area contributed by atoms with E-state index in [1.54, 1.807) is 24.3 Å². The quantitative estimate of drug-likeness (QED) is 0.540. The topological polar surface area (TPSA) is 72.2 Å². The summed E-state index contributed by atoms with van der Waals surface area (Å²) >= 11 is 4.83. The molecule has 0 fully saturated rings. The first-order chi connectivity index (χ1) is 9.81. The first-order valence-corrected chi connectivity index (χ1v) is 9.07. The van der Waals surface area contributed by atoms with Crippen molar-refractivity contribution in [2.24, 2.45) is 11.7 Å². The van der Waals surface area contributed by atoms with E-state index in [0.29, 0.717) is 23.9 Å². The molecule has 21 heavy (non-hydrogen) atoms. The van der Waals surface area contributed by atoms with Crippen LogP contribution in [0.25, 0.3) is 0 Å². The molecule has 0 spiro atoms. The zero-order valence-corrected chi connectivity index (χ0v) is 14.3. The molecule has 1 rings (SSSR count). The number of thiocarbonyl (C=S) groups is 1. The molecule has 0 saturated heterocycles. The SMILES string of the molecule is CC(C)CCCCNS(=O)(=O)c1ccc(CC(N)=S)cc1. The second-order valence-corrected chi connectivity index (χ2v) is 7.87. The van der Waals surface area contributed by atoms with Crippen LogP contribution in [0.2, 0.25) is 0 Å². The van der Waals surface area contributed by atoms with Crippen molar-refractivity contribution in [2.75, 3.05) is 6.54 Å². The van der Waals surface area contributed by atoms with Gasteiger partial charge in [0.1, 0.15) is 0 Å². The third-order valence-corrected chi connectivity index (χ3v) is 4.73. The molecule has 0 aromatic heterocycles. The molecule has 0 atom stereocenters. The monoisotopic (exact) mass is 328 g/mol. The van der Waals surface area contributed by atoms with E-state index in [1.807, 2.05) is 0 Å². The third-order valence-electron chi connectivity index (χ3n) is 3.11. The standard InChI is InChI=1S/C15H24N2O2S2/c1-12(2)5-3-4-10-17-21(18,19)14-8-6-13(7-9-14)11-15(16)20/h6-9,12,17H,3-5,10-11H2,1-2H3,(H2,16,20). The normalized spacial score (nSPS) is 11.8. The fourth-order valence-electron chi connectivity index (χ4n) is 1.96. The van der Waals surface area contributed by atoms with E-state index in [9.17, 15) is 8.42 Å². The molecular formula is C15H24N2O2S2. The van der Waals surface area contributed by atoms with Gasteiger partial charge in [-0.1, -0.05) is 51.0 Å². The van der Waals surface area contributed by atoms with Gasteiger partial charge >= 0.3 is 0 Å². The van der Waals surface area contributed by atoms with Crippen LogP contribution in [-0.4, -0.2) is 20.0 Å². The maximum Gasteiger partial charge on any atom is 0.240 e. The van der Waals surface area contributed by atoms with E-state index in [4.69, 9.17) is 18.0 Å². The van der Waals surface area contributed by atoms with Crippen molar-refractivity contribution in [3.8, 4) is 0 Å². The molecule has 0 aliphatic heterocycles. The Kier molecular flexibility index (Phi) is 7.28. The number of nitrogens with two attached hydrogens (primary N) is 1. The highest BCUT2D eigenvalue weighted by molar-refractivity contribution is 7.89. The zero-order chi connectivity index (χ0) is 15.9. The van der Waals surface area contributed by atoms with Crippen molar-refractivity contribution in [3.05, 3.63) is 29.8 Å². The lowest BCUT2D eigenvalue weighted by Gasteiger charge is -2.08. The lowest BCUT2D eigenvalue weighted by atomic mass is 10.1. The van der Waals surface area contributed by atoms with Crippen molar-refractivity contribution >= 4 is 27.2 Å². The van der Waals surface area contributed by atoms with E-state index < -0.39 is 10.0 Å². The Labute approximate surface area is 133 Å². The molecule has 6 heteroatoms. The van der Waals surface area contributed by atoms with Crippen molar-refractivity contribution < 1.29 is 8.42 Å². The number of unbranched alkanes of at least 4 members (excludes halogenated alkanes) is 1. The van der Waals surface area contributed by atoms with Gasteiger partial charge in [0.25, 0.3) is 0 Å².